The Hall–Kier alpha value is -2.70. The fraction of sp³-hybridized carbons (Fsp3) is 0.200. The van der Waals surface area contributed by atoms with Gasteiger partial charge >= 0.3 is 0 Å². The summed E-state index contributed by atoms with van der Waals surface area (Å²) in [7, 11) is 3.74. The Kier molecular flexibility index (Phi) is 5.88. The molecule has 1 amide bonds. The third-order valence-corrected chi connectivity index (χ3v) is 4.44. The summed E-state index contributed by atoms with van der Waals surface area (Å²) in [6, 6.07) is 14.8. The van der Waals surface area contributed by atoms with Crippen molar-refractivity contribution in [3.05, 3.63) is 76.7 Å². The van der Waals surface area contributed by atoms with Gasteiger partial charge in [-0.15, -0.1) is 0 Å². The summed E-state index contributed by atoms with van der Waals surface area (Å²) < 4.78 is 18.8. The first-order chi connectivity index (χ1) is 12.9. The number of carbonyl (C=O) groups is 1. The van der Waals surface area contributed by atoms with Crippen molar-refractivity contribution in [3.8, 4) is 11.3 Å². The summed E-state index contributed by atoms with van der Waals surface area (Å²) in [5.41, 5.74) is 1.73. The van der Waals surface area contributed by atoms with E-state index < -0.39 is 0 Å². The molecule has 1 N–H and O–H groups in total. The van der Waals surface area contributed by atoms with Gasteiger partial charge in [0.15, 0.2) is 11.5 Å². The van der Waals surface area contributed by atoms with Gasteiger partial charge in [0.25, 0.3) is 5.91 Å². The van der Waals surface area contributed by atoms with E-state index in [0.717, 1.165) is 11.1 Å². The molecule has 0 fully saturated rings. The molecule has 3 aromatic rings. The molecule has 140 valence electrons. The summed E-state index contributed by atoms with van der Waals surface area (Å²) in [4.78, 5) is 14.3. The number of rotatable bonds is 6. The Morgan fingerprint density at radius 3 is 2.63 bits per heavy atom. The second-order valence-corrected chi connectivity index (χ2v) is 6.76. The molecule has 27 heavy (non-hydrogen) atoms. The number of benzene rings is 2. The molecule has 0 saturated carbocycles. The van der Waals surface area contributed by atoms with E-state index in [9.17, 15) is 9.18 Å². The molecular formula is C20H19ClFN3O2. The maximum atomic E-state index is 13.5. The smallest absolute Gasteiger partial charge is 0.273 e. The van der Waals surface area contributed by atoms with Gasteiger partial charge < -0.3 is 14.7 Å². The molecule has 1 aromatic heterocycles. The largest absolute Gasteiger partial charge is 0.355 e. The normalized spacial score (nSPS) is 12.2. The van der Waals surface area contributed by atoms with Gasteiger partial charge in [-0.1, -0.05) is 28.9 Å². The summed E-state index contributed by atoms with van der Waals surface area (Å²) in [6.07, 6.45) is 0. The maximum absolute atomic E-state index is 13.5. The van der Waals surface area contributed by atoms with Crippen molar-refractivity contribution in [3.63, 3.8) is 0 Å². The molecule has 1 atom stereocenters. The lowest BCUT2D eigenvalue weighted by atomic mass is 10.1. The van der Waals surface area contributed by atoms with Gasteiger partial charge in [-0.2, -0.15) is 0 Å². The molecule has 0 unspecified atom stereocenters. The van der Waals surface area contributed by atoms with Gasteiger partial charge in [0.1, 0.15) is 5.82 Å². The van der Waals surface area contributed by atoms with Crippen LogP contribution in [-0.2, 0) is 0 Å². The number of likely N-dealkylation sites (N-methyl/N-ethyl adjacent to an activating group) is 1. The molecule has 0 bridgehead atoms. The lowest BCUT2D eigenvalue weighted by Gasteiger charge is -2.25. The van der Waals surface area contributed by atoms with Crippen molar-refractivity contribution < 1.29 is 13.7 Å². The lowest BCUT2D eigenvalue weighted by molar-refractivity contribution is 0.0933. The molecule has 0 aliphatic carbocycles. The zero-order valence-electron chi connectivity index (χ0n) is 14.9. The third kappa shape index (κ3) is 4.72. The minimum absolute atomic E-state index is 0.174. The number of hydrogen-bond donors (Lipinski definition) is 1. The highest BCUT2D eigenvalue weighted by atomic mass is 35.5. The van der Waals surface area contributed by atoms with Crippen LogP contribution in [0.1, 0.15) is 22.1 Å². The Morgan fingerprint density at radius 2 is 1.96 bits per heavy atom. The van der Waals surface area contributed by atoms with E-state index in [1.54, 1.807) is 36.4 Å². The molecule has 0 aliphatic heterocycles. The molecule has 7 heteroatoms. The summed E-state index contributed by atoms with van der Waals surface area (Å²) in [5.74, 6) is -0.192. The summed E-state index contributed by atoms with van der Waals surface area (Å²) in [6.45, 7) is 0.304. The minimum atomic E-state index is -0.359. The van der Waals surface area contributed by atoms with Crippen molar-refractivity contribution >= 4 is 17.5 Å². The van der Waals surface area contributed by atoms with Gasteiger partial charge in [0, 0.05) is 23.2 Å². The van der Waals surface area contributed by atoms with Crippen molar-refractivity contribution in [2.24, 2.45) is 0 Å². The van der Waals surface area contributed by atoms with Gasteiger partial charge in [-0.05, 0) is 56.1 Å². The van der Waals surface area contributed by atoms with E-state index in [1.165, 1.54) is 12.1 Å². The van der Waals surface area contributed by atoms with Crippen molar-refractivity contribution in [1.29, 1.82) is 0 Å². The number of amides is 1. The molecule has 1 heterocycles. The van der Waals surface area contributed by atoms with Crippen LogP contribution in [0.15, 0.2) is 59.1 Å². The molecule has 0 spiro atoms. The van der Waals surface area contributed by atoms with Gasteiger partial charge in [-0.3, -0.25) is 4.79 Å². The molecule has 0 aliphatic rings. The monoisotopic (exact) mass is 387 g/mol. The number of hydrogen-bond acceptors (Lipinski definition) is 4. The summed E-state index contributed by atoms with van der Waals surface area (Å²) in [5, 5.41) is 7.27. The van der Waals surface area contributed by atoms with Crippen LogP contribution in [0.5, 0.6) is 0 Å². The number of nitrogens with zero attached hydrogens (tertiary/aromatic N) is 2. The van der Waals surface area contributed by atoms with Crippen molar-refractivity contribution in [1.82, 2.24) is 15.4 Å². The first kappa shape index (κ1) is 19.1. The first-order valence-corrected chi connectivity index (χ1v) is 8.74. The Morgan fingerprint density at radius 1 is 1.22 bits per heavy atom. The molecule has 2 aromatic carbocycles. The average molecular weight is 388 g/mol. The zero-order valence-corrected chi connectivity index (χ0v) is 15.7. The van der Waals surface area contributed by atoms with E-state index in [-0.39, 0.29) is 23.5 Å². The molecular weight excluding hydrogens is 369 g/mol. The van der Waals surface area contributed by atoms with Crippen LogP contribution in [0, 0.1) is 5.82 Å². The number of halogens is 2. The van der Waals surface area contributed by atoms with E-state index in [0.29, 0.717) is 17.3 Å². The van der Waals surface area contributed by atoms with Crippen LogP contribution < -0.4 is 5.32 Å². The number of aromatic nitrogens is 1. The number of carbonyl (C=O) groups excluding carboxylic acids is 1. The fourth-order valence-electron chi connectivity index (χ4n) is 2.72. The highest BCUT2D eigenvalue weighted by Gasteiger charge is 2.18. The SMILES string of the molecule is CN(C)[C@H](CNC(=O)c1cc(-c2ccc(Cl)cc2)on1)c1cccc(F)c1. The second kappa shape index (κ2) is 8.33. The highest BCUT2D eigenvalue weighted by molar-refractivity contribution is 6.30. The molecule has 5 nitrogen and oxygen atoms in total. The van der Waals surface area contributed by atoms with Crippen LogP contribution >= 0.6 is 11.6 Å². The van der Waals surface area contributed by atoms with E-state index >= 15 is 0 Å². The van der Waals surface area contributed by atoms with Crippen LogP contribution in [0.3, 0.4) is 0 Å². The third-order valence-electron chi connectivity index (χ3n) is 4.18. The molecule has 0 radical (unpaired) electrons. The molecule has 0 saturated heterocycles. The van der Waals surface area contributed by atoms with E-state index in [4.69, 9.17) is 16.1 Å². The minimum Gasteiger partial charge on any atom is -0.355 e. The standard InChI is InChI=1S/C20H19ClFN3O2/c1-25(2)18(14-4-3-5-16(22)10-14)12-23-20(26)17-11-19(27-24-17)13-6-8-15(21)9-7-13/h3-11,18H,12H2,1-2H3,(H,23,26)/t18-/m1/s1. The van der Waals surface area contributed by atoms with Crippen LogP contribution in [0.2, 0.25) is 5.02 Å². The Bertz CT molecular complexity index is 925. The van der Waals surface area contributed by atoms with Crippen LogP contribution in [0.4, 0.5) is 4.39 Å². The predicted molar refractivity (Wildman–Crippen MR) is 102 cm³/mol. The second-order valence-electron chi connectivity index (χ2n) is 6.33. The van der Waals surface area contributed by atoms with Gasteiger partial charge in [0.05, 0.1) is 6.04 Å². The maximum Gasteiger partial charge on any atom is 0.273 e. The number of nitrogens with one attached hydrogen (secondary N) is 1. The quantitative estimate of drug-likeness (QED) is 0.689. The highest BCUT2D eigenvalue weighted by Crippen LogP contribution is 2.23. The zero-order chi connectivity index (χ0) is 19.4. The van der Waals surface area contributed by atoms with E-state index in [1.807, 2.05) is 25.1 Å². The average Bonchev–Trinajstić information content (AvgIpc) is 3.12. The summed E-state index contributed by atoms with van der Waals surface area (Å²) >= 11 is 5.87. The van der Waals surface area contributed by atoms with Gasteiger partial charge in [0.2, 0.25) is 0 Å². The molecule has 3 rings (SSSR count). The topological polar surface area (TPSA) is 58.4 Å². The Balaban J connectivity index is 1.68. The Labute approximate surface area is 161 Å². The van der Waals surface area contributed by atoms with Crippen LogP contribution in [-0.4, -0.2) is 36.6 Å². The van der Waals surface area contributed by atoms with E-state index in [2.05, 4.69) is 10.5 Å². The fourth-order valence-corrected chi connectivity index (χ4v) is 2.85. The van der Waals surface area contributed by atoms with Crippen molar-refractivity contribution in [2.45, 2.75) is 6.04 Å². The lowest BCUT2D eigenvalue weighted by Crippen LogP contribution is -2.34. The van der Waals surface area contributed by atoms with Gasteiger partial charge in [-0.25, -0.2) is 4.39 Å². The van der Waals surface area contributed by atoms with Crippen molar-refractivity contribution in [2.75, 3.05) is 20.6 Å². The van der Waals surface area contributed by atoms with Crippen LogP contribution in [0.25, 0.3) is 11.3 Å². The first-order valence-electron chi connectivity index (χ1n) is 8.37. The predicted octanol–water partition coefficient (Wildman–Crippen LogP) is 4.17.